The molecule has 0 saturated heterocycles. The molecular weight excluding hydrogens is 230 g/mol. The Morgan fingerprint density at radius 2 is 1.88 bits per heavy atom. The zero-order valence-electron chi connectivity index (χ0n) is 10.2. The highest BCUT2D eigenvalue weighted by Crippen LogP contribution is 2.04. The van der Waals surface area contributed by atoms with Crippen molar-refractivity contribution in [2.45, 2.75) is 32.6 Å². The number of carbonyl (C=O) groups excluding carboxylic acids is 1. The van der Waals surface area contributed by atoms with Gasteiger partial charge in [0.05, 0.1) is 12.9 Å². The van der Waals surface area contributed by atoms with Crippen LogP contribution in [0.15, 0.2) is 0 Å². The molecule has 6 heteroatoms. The summed E-state index contributed by atoms with van der Waals surface area (Å²) in [6.45, 7) is 2.69. The molecule has 16 heavy (non-hydrogen) atoms. The van der Waals surface area contributed by atoms with Gasteiger partial charge in [-0.05, 0) is 19.8 Å². The molecule has 96 valence electrons. The van der Waals surface area contributed by atoms with Gasteiger partial charge in [0.1, 0.15) is 0 Å². The fraction of sp³-hybridized carbons (Fsp3) is 0.900. The number of carbonyl (C=O) groups is 1. The maximum atomic E-state index is 11.0. The molecular formula is C10H21NO4S. The molecule has 0 aromatic rings. The third-order valence-electron chi connectivity index (χ3n) is 2.23. The van der Waals surface area contributed by atoms with Gasteiger partial charge in [-0.25, -0.2) is 12.7 Å². The quantitative estimate of drug-likeness (QED) is 0.477. The van der Waals surface area contributed by atoms with Crippen molar-refractivity contribution < 1.29 is 17.9 Å². The zero-order chi connectivity index (χ0) is 12.6. The average molecular weight is 251 g/mol. The number of esters is 1. The van der Waals surface area contributed by atoms with Crippen molar-refractivity contribution in [3.05, 3.63) is 0 Å². The Morgan fingerprint density at radius 1 is 1.25 bits per heavy atom. The molecule has 0 unspecified atom stereocenters. The molecule has 0 atom stereocenters. The van der Waals surface area contributed by atoms with Crippen LogP contribution in [0.4, 0.5) is 0 Å². The maximum absolute atomic E-state index is 11.0. The Balaban J connectivity index is 3.51. The number of unbranched alkanes of at least 4 members (excludes halogenated alkanes) is 2. The van der Waals surface area contributed by atoms with Crippen LogP contribution in [-0.2, 0) is 19.6 Å². The van der Waals surface area contributed by atoms with E-state index in [1.54, 1.807) is 14.0 Å². The molecule has 0 aliphatic rings. The van der Waals surface area contributed by atoms with E-state index in [2.05, 4.69) is 0 Å². The van der Waals surface area contributed by atoms with Gasteiger partial charge in [0.2, 0.25) is 10.0 Å². The Morgan fingerprint density at radius 3 is 2.38 bits per heavy atom. The molecule has 0 aromatic carbocycles. The Bertz CT molecular complexity index is 300. The summed E-state index contributed by atoms with van der Waals surface area (Å²) < 4.78 is 28.2. The van der Waals surface area contributed by atoms with Crippen molar-refractivity contribution in [2.24, 2.45) is 0 Å². The number of nitrogens with zero attached hydrogens (tertiary/aromatic N) is 1. The monoisotopic (exact) mass is 251 g/mol. The van der Waals surface area contributed by atoms with Crippen molar-refractivity contribution in [3.8, 4) is 0 Å². The van der Waals surface area contributed by atoms with E-state index in [1.165, 1.54) is 10.6 Å². The summed E-state index contributed by atoms with van der Waals surface area (Å²) in [5, 5.41) is 0. The Labute approximate surface area is 97.8 Å². The van der Waals surface area contributed by atoms with Crippen LogP contribution >= 0.6 is 0 Å². The van der Waals surface area contributed by atoms with E-state index in [-0.39, 0.29) is 5.97 Å². The van der Waals surface area contributed by atoms with E-state index in [1.807, 2.05) is 0 Å². The molecule has 0 amide bonds. The first-order valence-electron chi connectivity index (χ1n) is 5.45. The van der Waals surface area contributed by atoms with Gasteiger partial charge in [0.25, 0.3) is 0 Å². The minimum Gasteiger partial charge on any atom is -0.466 e. The summed E-state index contributed by atoms with van der Waals surface area (Å²) in [4.78, 5) is 11.0. The first-order valence-corrected chi connectivity index (χ1v) is 7.29. The Kier molecular flexibility index (Phi) is 7.33. The molecule has 0 bridgehead atoms. The summed E-state index contributed by atoms with van der Waals surface area (Å²) in [6, 6.07) is 0. The van der Waals surface area contributed by atoms with Gasteiger partial charge in [0, 0.05) is 20.0 Å². The van der Waals surface area contributed by atoms with Gasteiger partial charge >= 0.3 is 5.97 Å². The lowest BCUT2D eigenvalue weighted by Crippen LogP contribution is -2.26. The predicted molar refractivity (Wildman–Crippen MR) is 62.6 cm³/mol. The smallest absolute Gasteiger partial charge is 0.305 e. The molecule has 0 saturated carbocycles. The van der Waals surface area contributed by atoms with E-state index in [0.29, 0.717) is 19.6 Å². The van der Waals surface area contributed by atoms with Crippen LogP contribution in [0.1, 0.15) is 32.6 Å². The minimum atomic E-state index is -3.07. The lowest BCUT2D eigenvalue weighted by Gasteiger charge is -2.13. The average Bonchev–Trinajstić information content (AvgIpc) is 2.16. The van der Waals surface area contributed by atoms with Gasteiger partial charge < -0.3 is 4.74 Å². The maximum Gasteiger partial charge on any atom is 0.305 e. The largest absolute Gasteiger partial charge is 0.466 e. The topological polar surface area (TPSA) is 63.7 Å². The van der Waals surface area contributed by atoms with E-state index in [0.717, 1.165) is 19.3 Å². The predicted octanol–water partition coefficient (Wildman–Crippen LogP) is 1.00. The lowest BCUT2D eigenvalue weighted by molar-refractivity contribution is -0.143. The number of sulfonamides is 1. The highest BCUT2D eigenvalue weighted by Gasteiger charge is 2.09. The Hall–Kier alpha value is -0.620. The van der Waals surface area contributed by atoms with Crippen LogP contribution < -0.4 is 0 Å². The van der Waals surface area contributed by atoms with Gasteiger partial charge in [-0.1, -0.05) is 6.42 Å². The SMILES string of the molecule is CCOC(=O)CCCCCN(C)S(C)(=O)=O. The van der Waals surface area contributed by atoms with Gasteiger partial charge in [-0.15, -0.1) is 0 Å². The second kappa shape index (κ2) is 7.62. The molecule has 0 fully saturated rings. The second-order valence-electron chi connectivity index (χ2n) is 3.70. The third-order valence-corrected chi connectivity index (χ3v) is 3.54. The molecule has 0 aliphatic heterocycles. The van der Waals surface area contributed by atoms with Crippen LogP contribution in [0, 0.1) is 0 Å². The molecule has 0 spiro atoms. The van der Waals surface area contributed by atoms with Crippen LogP contribution in [0.2, 0.25) is 0 Å². The van der Waals surface area contributed by atoms with E-state index in [9.17, 15) is 13.2 Å². The fourth-order valence-corrected chi connectivity index (χ4v) is 1.64. The normalized spacial score (nSPS) is 11.8. The van der Waals surface area contributed by atoms with Gasteiger partial charge in [-0.3, -0.25) is 4.79 Å². The summed E-state index contributed by atoms with van der Waals surface area (Å²) in [5.74, 6) is -0.182. The lowest BCUT2D eigenvalue weighted by atomic mass is 10.2. The summed E-state index contributed by atoms with van der Waals surface area (Å²) in [5.41, 5.74) is 0. The molecule has 0 radical (unpaired) electrons. The second-order valence-corrected chi connectivity index (χ2v) is 5.79. The first kappa shape index (κ1) is 15.4. The third kappa shape index (κ3) is 7.64. The summed E-state index contributed by atoms with van der Waals surface area (Å²) in [6.07, 6.45) is 3.94. The number of ether oxygens (including phenoxy) is 1. The van der Waals surface area contributed by atoms with Crippen molar-refractivity contribution in [3.63, 3.8) is 0 Å². The van der Waals surface area contributed by atoms with Crippen molar-refractivity contribution in [2.75, 3.05) is 26.5 Å². The molecule has 0 rings (SSSR count). The fourth-order valence-electron chi connectivity index (χ4n) is 1.18. The van der Waals surface area contributed by atoms with Crippen molar-refractivity contribution in [1.82, 2.24) is 4.31 Å². The molecule has 0 aromatic heterocycles. The first-order chi connectivity index (χ1) is 7.38. The van der Waals surface area contributed by atoms with E-state index >= 15 is 0 Å². The summed E-state index contributed by atoms with van der Waals surface area (Å²) in [7, 11) is -1.52. The van der Waals surface area contributed by atoms with Crippen LogP contribution in [0.5, 0.6) is 0 Å². The van der Waals surface area contributed by atoms with Crippen LogP contribution in [0.3, 0.4) is 0 Å². The van der Waals surface area contributed by atoms with Gasteiger partial charge in [-0.2, -0.15) is 0 Å². The van der Waals surface area contributed by atoms with Gasteiger partial charge in [0.15, 0.2) is 0 Å². The number of hydrogen-bond donors (Lipinski definition) is 0. The van der Waals surface area contributed by atoms with E-state index in [4.69, 9.17) is 4.74 Å². The molecule has 5 nitrogen and oxygen atoms in total. The number of hydrogen-bond acceptors (Lipinski definition) is 4. The highest BCUT2D eigenvalue weighted by atomic mass is 32.2. The highest BCUT2D eigenvalue weighted by molar-refractivity contribution is 7.88. The number of rotatable bonds is 8. The van der Waals surface area contributed by atoms with E-state index < -0.39 is 10.0 Å². The zero-order valence-corrected chi connectivity index (χ0v) is 11.0. The molecule has 0 N–H and O–H groups in total. The molecule has 0 aliphatic carbocycles. The van der Waals surface area contributed by atoms with Crippen molar-refractivity contribution in [1.29, 1.82) is 0 Å². The van der Waals surface area contributed by atoms with Crippen molar-refractivity contribution >= 4 is 16.0 Å². The molecule has 0 heterocycles. The summed E-state index contributed by atoms with van der Waals surface area (Å²) >= 11 is 0. The van der Waals surface area contributed by atoms with Crippen LogP contribution in [-0.4, -0.2) is 45.1 Å². The van der Waals surface area contributed by atoms with Crippen LogP contribution in [0.25, 0.3) is 0 Å². The minimum absolute atomic E-state index is 0.182. The standard InChI is InChI=1S/C10H21NO4S/c1-4-15-10(12)8-6-5-7-9-11(2)16(3,13)14/h4-9H2,1-3H3.